The second-order valence-corrected chi connectivity index (χ2v) is 6.12. The van der Waals surface area contributed by atoms with E-state index in [1.165, 1.54) is 11.3 Å². The molecule has 0 saturated carbocycles. The van der Waals surface area contributed by atoms with Crippen molar-refractivity contribution in [3.63, 3.8) is 0 Å². The molecule has 2 fully saturated rings. The average molecular weight is 324 g/mol. The van der Waals surface area contributed by atoms with E-state index in [4.69, 9.17) is 5.73 Å². The highest BCUT2D eigenvalue weighted by Crippen LogP contribution is 2.30. The summed E-state index contributed by atoms with van der Waals surface area (Å²) in [6.45, 7) is 3.20. The SMILES string of the molecule is NCc1ccc(Br)cc1N1CCN2C(=O)CCC2C1. The van der Waals surface area contributed by atoms with Crippen molar-refractivity contribution in [2.24, 2.45) is 5.73 Å². The number of hydrogen-bond acceptors (Lipinski definition) is 3. The van der Waals surface area contributed by atoms with Gasteiger partial charge in [0.05, 0.1) is 0 Å². The van der Waals surface area contributed by atoms with Crippen LogP contribution in [-0.4, -0.2) is 36.5 Å². The first kappa shape index (κ1) is 12.9. The molecule has 102 valence electrons. The Labute approximate surface area is 121 Å². The van der Waals surface area contributed by atoms with Crippen LogP contribution in [0.25, 0.3) is 0 Å². The molecule has 1 amide bonds. The first-order valence-corrected chi connectivity index (χ1v) is 7.51. The number of rotatable bonds is 2. The molecule has 2 aliphatic heterocycles. The summed E-state index contributed by atoms with van der Waals surface area (Å²) in [5.74, 6) is 0.318. The molecular formula is C14H18BrN3O. The molecule has 4 nitrogen and oxygen atoms in total. The number of anilines is 1. The van der Waals surface area contributed by atoms with Crippen molar-refractivity contribution >= 4 is 27.5 Å². The van der Waals surface area contributed by atoms with Crippen molar-refractivity contribution in [1.29, 1.82) is 0 Å². The first-order chi connectivity index (χ1) is 9.19. The molecule has 0 bridgehead atoms. The summed E-state index contributed by atoms with van der Waals surface area (Å²) in [5, 5.41) is 0. The molecule has 2 heterocycles. The summed E-state index contributed by atoms with van der Waals surface area (Å²) >= 11 is 3.53. The van der Waals surface area contributed by atoms with Crippen LogP contribution in [0.5, 0.6) is 0 Å². The van der Waals surface area contributed by atoms with Crippen molar-refractivity contribution in [3.05, 3.63) is 28.2 Å². The fourth-order valence-electron chi connectivity index (χ4n) is 3.09. The van der Waals surface area contributed by atoms with Gasteiger partial charge in [-0.2, -0.15) is 0 Å². The van der Waals surface area contributed by atoms with Crippen LogP contribution in [0.1, 0.15) is 18.4 Å². The molecule has 2 saturated heterocycles. The minimum absolute atomic E-state index is 0.318. The summed E-state index contributed by atoms with van der Waals surface area (Å²) in [6, 6.07) is 6.62. The minimum Gasteiger partial charge on any atom is -0.367 e. The normalized spacial score (nSPS) is 22.8. The van der Waals surface area contributed by atoms with Gasteiger partial charge in [0.2, 0.25) is 5.91 Å². The number of piperazine rings is 1. The monoisotopic (exact) mass is 323 g/mol. The van der Waals surface area contributed by atoms with Crippen LogP contribution in [0.3, 0.4) is 0 Å². The molecule has 0 radical (unpaired) electrons. The van der Waals surface area contributed by atoms with Crippen LogP contribution in [0, 0.1) is 0 Å². The molecule has 0 aromatic heterocycles. The lowest BCUT2D eigenvalue weighted by atomic mass is 10.1. The third kappa shape index (κ3) is 2.37. The molecule has 1 aromatic rings. The Kier molecular flexibility index (Phi) is 3.50. The maximum Gasteiger partial charge on any atom is 0.223 e. The third-order valence-electron chi connectivity index (χ3n) is 4.10. The number of carbonyl (C=O) groups excluding carboxylic acids is 1. The molecule has 19 heavy (non-hydrogen) atoms. The Morgan fingerprint density at radius 1 is 1.37 bits per heavy atom. The van der Waals surface area contributed by atoms with Gasteiger partial charge in [0, 0.05) is 48.8 Å². The first-order valence-electron chi connectivity index (χ1n) is 6.72. The van der Waals surface area contributed by atoms with Gasteiger partial charge in [-0.05, 0) is 24.1 Å². The van der Waals surface area contributed by atoms with Gasteiger partial charge in [0.25, 0.3) is 0 Å². The van der Waals surface area contributed by atoms with Gasteiger partial charge in [-0.1, -0.05) is 22.0 Å². The second-order valence-electron chi connectivity index (χ2n) is 5.20. The fraction of sp³-hybridized carbons (Fsp3) is 0.500. The maximum absolute atomic E-state index is 11.7. The van der Waals surface area contributed by atoms with E-state index >= 15 is 0 Å². The Hall–Kier alpha value is -1.07. The van der Waals surface area contributed by atoms with E-state index < -0.39 is 0 Å². The van der Waals surface area contributed by atoms with Gasteiger partial charge < -0.3 is 15.5 Å². The standard InChI is InChI=1S/C14H18BrN3O/c15-11-2-1-10(8-16)13(7-11)17-5-6-18-12(9-17)3-4-14(18)19/h1-2,7,12H,3-6,8-9,16H2. The summed E-state index contributed by atoms with van der Waals surface area (Å²) in [7, 11) is 0. The number of amides is 1. The van der Waals surface area contributed by atoms with Crippen LogP contribution in [0.2, 0.25) is 0 Å². The van der Waals surface area contributed by atoms with Gasteiger partial charge in [-0.15, -0.1) is 0 Å². The number of benzene rings is 1. The lowest BCUT2D eigenvalue weighted by Gasteiger charge is -2.39. The minimum atomic E-state index is 0.318. The lowest BCUT2D eigenvalue weighted by Crippen LogP contribution is -2.51. The topological polar surface area (TPSA) is 49.6 Å². The van der Waals surface area contributed by atoms with Crippen molar-refractivity contribution in [2.75, 3.05) is 24.5 Å². The predicted octanol–water partition coefficient (Wildman–Crippen LogP) is 1.72. The van der Waals surface area contributed by atoms with E-state index in [1.807, 2.05) is 11.0 Å². The number of halogens is 1. The summed E-state index contributed by atoms with van der Waals surface area (Å²) in [4.78, 5) is 16.1. The number of nitrogens with two attached hydrogens (primary N) is 1. The summed E-state index contributed by atoms with van der Waals surface area (Å²) < 4.78 is 1.07. The van der Waals surface area contributed by atoms with Crippen LogP contribution < -0.4 is 10.6 Å². The van der Waals surface area contributed by atoms with Crippen molar-refractivity contribution < 1.29 is 4.79 Å². The van der Waals surface area contributed by atoms with E-state index in [1.54, 1.807) is 0 Å². The largest absolute Gasteiger partial charge is 0.367 e. The van der Waals surface area contributed by atoms with E-state index in [-0.39, 0.29) is 0 Å². The van der Waals surface area contributed by atoms with Gasteiger partial charge in [-0.25, -0.2) is 0 Å². The molecule has 0 aliphatic carbocycles. The van der Waals surface area contributed by atoms with E-state index in [9.17, 15) is 4.79 Å². The Bertz CT molecular complexity index is 505. The zero-order valence-electron chi connectivity index (χ0n) is 10.8. The molecule has 1 unspecified atom stereocenters. The zero-order chi connectivity index (χ0) is 13.4. The molecule has 5 heteroatoms. The zero-order valence-corrected chi connectivity index (χ0v) is 12.4. The summed E-state index contributed by atoms with van der Waals surface area (Å²) in [6.07, 6.45) is 1.70. The molecule has 1 atom stereocenters. The smallest absolute Gasteiger partial charge is 0.223 e. The maximum atomic E-state index is 11.7. The van der Waals surface area contributed by atoms with Crippen LogP contribution in [0.4, 0.5) is 5.69 Å². The second kappa shape index (κ2) is 5.13. The number of hydrogen-bond donors (Lipinski definition) is 1. The predicted molar refractivity (Wildman–Crippen MR) is 79.0 cm³/mol. The Balaban J connectivity index is 1.84. The highest BCUT2D eigenvalue weighted by Gasteiger charge is 2.35. The van der Waals surface area contributed by atoms with E-state index in [0.29, 0.717) is 24.9 Å². The molecular weight excluding hydrogens is 306 g/mol. The lowest BCUT2D eigenvalue weighted by molar-refractivity contribution is -0.129. The van der Waals surface area contributed by atoms with E-state index in [0.717, 1.165) is 30.5 Å². The number of nitrogens with zero attached hydrogens (tertiary/aromatic N) is 2. The van der Waals surface area contributed by atoms with Crippen LogP contribution in [0.15, 0.2) is 22.7 Å². The molecule has 0 spiro atoms. The highest BCUT2D eigenvalue weighted by atomic mass is 79.9. The quantitative estimate of drug-likeness (QED) is 0.901. The Morgan fingerprint density at radius 2 is 2.21 bits per heavy atom. The van der Waals surface area contributed by atoms with Gasteiger partial charge >= 0.3 is 0 Å². The third-order valence-corrected chi connectivity index (χ3v) is 4.60. The van der Waals surface area contributed by atoms with Gasteiger partial charge in [0.15, 0.2) is 0 Å². The molecule has 1 aromatic carbocycles. The van der Waals surface area contributed by atoms with E-state index in [2.05, 4.69) is 33.0 Å². The van der Waals surface area contributed by atoms with Crippen molar-refractivity contribution in [3.8, 4) is 0 Å². The summed E-state index contributed by atoms with van der Waals surface area (Å²) in [5.41, 5.74) is 8.20. The Morgan fingerprint density at radius 3 is 3.00 bits per heavy atom. The van der Waals surface area contributed by atoms with Gasteiger partial charge in [-0.3, -0.25) is 4.79 Å². The molecule has 2 N–H and O–H groups in total. The number of fused-ring (bicyclic) bond motifs is 1. The van der Waals surface area contributed by atoms with Crippen LogP contribution in [-0.2, 0) is 11.3 Å². The highest BCUT2D eigenvalue weighted by molar-refractivity contribution is 9.10. The molecule has 3 rings (SSSR count). The van der Waals surface area contributed by atoms with Crippen molar-refractivity contribution in [1.82, 2.24) is 4.90 Å². The van der Waals surface area contributed by atoms with Crippen molar-refractivity contribution in [2.45, 2.75) is 25.4 Å². The fourth-order valence-corrected chi connectivity index (χ4v) is 3.44. The number of carbonyl (C=O) groups is 1. The molecule has 2 aliphatic rings. The van der Waals surface area contributed by atoms with Gasteiger partial charge in [0.1, 0.15) is 0 Å². The van der Waals surface area contributed by atoms with Crippen LogP contribution >= 0.6 is 15.9 Å². The average Bonchev–Trinajstić information content (AvgIpc) is 2.80.